The molecule has 0 aliphatic carbocycles. The first-order valence-corrected chi connectivity index (χ1v) is 15.3. The molecule has 0 heterocycles. The molecule has 3 aromatic rings. The summed E-state index contributed by atoms with van der Waals surface area (Å²) in [5.41, 5.74) is 5.58. The molecule has 3 aromatic carbocycles. The normalized spacial score (nSPS) is 12.0. The van der Waals surface area contributed by atoms with E-state index in [2.05, 4.69) is 22.6 Å². The van der Waals surface area contributed by atoms with Gasteiger partial charge in [0.25, 0.3) is 11.8 Å². The van der Waals surface area contributed by atoms with Crippen LogP contribution < -0.4 is 10.7 Å². The van der Waals surface area contributed by atoms with Crippen LogP contribution in [0.1, 0.15) is 71.0 Å². The van der Waals surface area contributed by atoms with E-state index in [1.165, 1.54) is 5.01 Å². The minimum atomic E-state index is -1.09. The zero-order chi connectivity index (χ0) is 32.8. The molecule has 0 spiro atoms. The van der Waals surface area contributed by atoms with Crippen molar-refractivity contribution >= 4 is 17.7 Å². The molecule has 238 valence electrons. The van der Waals surface area contributed by atoms with Crippen molar-refractivity contribution in [3.63, 3.8) is 0 Å². The van der Waals surface area contributed by atoms with E-state index in [0.717, 1.165) is 24.0 Å². The molecule has 9 heteroatoms. The number of carbonyl (C=O) groups is 3. The molecular weight excluding hydrogens is 568 g/mol. The predicted octanol–water partition coefficient (Wildman–Crippen LogP) is 3.93. The number of nitrogens with one attached hydrogen (secondary N) is 2. The van der Waals surface area contributed by atoms with Crippen LogP contribution in [0.15, 0.2) is 72.8 Å². The van der Waals surface area contributed by atoms with Crippen LogP contribution in [0.5, 0.6) is 5.75 Å². The number of phenols is 1. The molecule has 3 rings (SSSR count). The third-order valence-corrected chi connectivity index (χ3v) is 7.14. The molecule has 3 amide bonds. The van der Waals surface area contributed by atoms with Crippen LogP contribution in [-0.2, 0) is 17.6 Å². The zero-order valence-corrected chi connectivity index (χ0v) is 26.5. The van der Waals surface area contributed by atoms with Gasteiger partial charge in [0.1, 0.15) is 5.75 Å². The number of aliphatic hydroxyl groups is 1. The van der Waals surface area contributed by atoms with Crippen molar-refractivity contribution in [3.8, 4) is 17.6 Å². The SMILES string of the molecule is CC#Cc1cc(C(=O)NC(Cc2ccc(O)cc2)C(O)CN(C)NC(=O)Cc2ccccc2)cc(C(=O)N(CCC)CCC)c1. The number of hydrogen-bond donors (Lipinski definition) is 4. The Balaban J connectivity index is 1.83. The Labute approximate surface area is 266 Å². The topological polar surface area (TPSA) is 122 Å². The molecule has 0 aliphatic rings. The molecular formula is C36H44N4O5. The quantitative estimate of drug-likeness (QED) is 0.152. The Bertz CT molecular complexity index is 1470. The van der Waals surface area contributed by atoms with E-state index in [0.29, 0.717) is 24.2 Å². The molecule has 0 bridgehead atoms. The maximum absolute atomic E-state index is 13.7. The number of aromatic hydroxyl groups is 1. The summed E-state index contributed by atoms with van der Waals surface area (Å²) >= 11 is 0. The Hall–Kier alpha value is -4.65. The number of benzene rings is 3. The van der Waals surface area contributed by atoms with Crippen LogP contribution in [0.2, 0.25) is 0 Å². The predicted molar refractivity (Wildman–Crippen MR) is 175 cm³/mol. The fraction of sp³-hybridized carbons (Fsp3) is 0.361. The number of amides is 3. The monoisotopic (exact) mass is 612 g/mol. The second-order valence-electron chi connectivity index (χ2n) is 11.1. The van der Waals surface area contributed by atoms with Gasteiger partial charge in [0.05, 0.1) is 18.6 Å². The highest BCUT2D eigenvalue weighted by Gasteiger charge is 2.25. The van der Waals surface area contributed by atoms with Gasteiger partial charge < -0.3 is 20.4 Å². The lowest BCUT2D eigenvalue weighted by molar-refractivity contribution is -0.125. The van der Waals surface area contributed by atoms with Crippen molar-refractivity contribution in [2.45, 2.75) is 58.6 Å². The lowest BCUT2D eigenvalue weighted by atomic mass is 9.99. The first-order chi connectivity index (χ1) is 21.6. The van der Waals surface area contributed by atoms with E-state index in [9.17, 15) is 24.6 Å². The molecule has 0 aliphatic heterocycles. The first kappa shape index (κ1) is 34.8. The third kappa shape index (κ3) is 11.1. The number of aliphatic hydroxyl groups excluding tert-OH is 1. The maximum atomic E-state index is 13.7. The molecule has 4 N–H and O–H groups in total. The van der Waals surface area contributed by atoms with Gasteiger partial charge in [0.2, 0.25) is 5.91 Å². The lowest BCUT2D eigenvalue weighted by Crippen LogP contribution is -2.52. The van der Waals surface area contributed by atoms with Crippen molar-refractivity contribution < 1.29 is 24.6 Å². The summed E-state index contributed by atoms with van der Waals surface area (Å²) in [5, 5.41) is 25.5. The maximum Gasteiger partial charge on any atom is 0.253 e. The standard InChI is InChI=1S/C36H44N4O5/c1-5-11-28-20-29(24-30(21-28)36(45)40(18-6-2)19-7-3)35(44)37-32(22-27-14-16-31(41)17-15-27)33(42)25-39(4)38-34(43)23-26-12-9-8-10-13-26/h8-10,12-17,20-21,24,32-33,41-42H,6-7,18-19,22-23,25H2,1-4H3,(H,37,44)(H,38,43). The summed E-state index contributed by atoms with van der Waals surface area (Å²) in [6.45, 7) is 6.95. The van der Waals surface area contributed by atoms with Crippen LogP contribution in [0.25, 0.3) is 0 Å². The van der Waals surface area contributed by atoms with Gasteiger partial charge >= 0.3 is 0 Å². The van der Waals surface area contributed by atoms with Crippen LogP contribution in [0.4, 0.5) is 0 Å². The van der Waals surface area contributed by atoms with Crippen molar-refractivity contribution in [1.29, 1.82) is 0 Å². The fourth-order valence-corrected chi connectivity index (χ4v) is 5.04. The van der Waals surface area contributed by atoms with Gasteiger partial charge in [-0.15, -0.1) is 5.92 Å². The first-order valence-electron chi connectivity index (χ1n) is 15.3. The zero-order valence-electron chi connectivity index (χ0n) is 26.5. The number of phenolic OH excluding ortho intramolecular Hbond substituents is 1. The highest BCUT2D eigenvalue weighted by molar-refractivity contribution is 6.00. The van der Waals surface area contributed by atoms with Crippen LogP contribution in [-0.4, -0.2) is 76.7 Å². The number of likely N-dealkylation sites (N-methyl/N-ethyl adjacent to an activating group) is 1. The van der Waals surface area contributed by atoms with E-state index in [4.69, 9.17) is 0 Å². The van der Waals surface area contributed by atoms with E-state index in [1.807, 2.05) is 44.2 Å². The Morgan fingerprint density at radius 3 is 2.16 bits per heavy atom. The number of hydrogen-bond acceptors (Lipinski definition) is 6. The van der Waals surface area contributed by atoms with Gasteiger partial charge in [-0.2, -0.15) is 0 Å². The summed E-state index contributed by atoms with van der Waals surface area (Å²) in [6, 6.07) is 20.0. The number of rotatable bonds is 15. The summed E-state index contributed by atoms with van der Waals surface area (Å²) in [4.78, 5) is 41.5. The van der Waals surface area contributed by atoms with Crippen LogP contribution in [0, 0.1) is 11.8 Å². The smallest absolute Gasteiger partial charge is 0.253 e. The summed E-state index contributed by atoms with van der Waals surface area (Å²) in [5.74, 6) is 5.03. The van der Waals surface area contributed by atoms with Gasteiger partial charge in [-0.3, -0.25) is 19.8 Å². The second kappa shape index (κ2) is 17.6. The number of nitrogens with zero attached hydrogens (tertiary/aromatic N) is 2. The summed E-state index contributed by atoms with van der Waals surface area (Å²) in [6.07, 6.45) is 0.965. The Morgan fingerprint density at radius 1 is 0.889 bits per heavy atom. The van der Waals surface area contributed by atoms with Gasteiger partial charge in [-0.05, 0) is 67.6 Å². The number of hydrazine groups is 1. The van der Waals surface area contributed by atoms with Gasteiger partial charge in [0, 0.05) is 43.4 Å². The third-order valence-electron chi connectivity index (χ3n) is 7.14. The molecule has 2 unspecified atom stereocenters. The Kier molecular flexibility index (Phi) is 13.6. The highest BCUT2D eigenvalue weighted by atomic mass is 16.3. The molecule has 0 radical (unpaired) electrons. The van der Waals surface area contributed by atoms with Crippen LogP contribution in [0.3, 0.4) is 0 Å². The van der Waals surface area contributed by atoms with E-state index in [-0.39, 0.29) is 42.5 Å². The average Bonchev–Trinajstić information content (AvgIpc) is 3.01. The molecule has 2 atom stereocenters. The van der Waals surface area contributed by atoms with Gasteiger partial charge in [-0.25, -0.2) is 5.01 Å². The van der Waals surface area contributed by atoms with Crippen LogP contribution >= 0.6 is 0 Å². The lowest BCUT2D eigenvalue weighted by Gasteiger charge is -2.28. The van der Waals surface area contributed by atoms with E-state index in [1.54, 1.807) is 61.3 Å². The van der Waals surface area contributed by atoms with Gasteiger partial charge in [0.15, 0.2) is 0 Å². The molecule has 0 fully saturated rings. The van der Waals surface area contributed by atoms with Gasteiger partial charge in [-0.1, -0.05) is 62.2 Å². The van der Waals surface area contributed by atoms with Crippen molar-refractivity contribution in [2.24, 2.45) is 0 Å². The molecule has 0 saturated carbocycles. The van der Waals surface area contributed by atoms with E-state index >= 15 is 0 Å². The highest BCUT2D eigenvalue weighted by Crippen LogP contribution is 2.17. The van der Waals surface area contributed by atoms with Crippen molar-refractivity contribution in [1.82, 2.24) is 20.7 Å². The summed E-state index contributed by atoms with van der Waals surface area (Å²) in [7, 11) is 1.65. The molecule has 9 nitrogen and oxygen atoms in total. The molecule has 0 aromatic heterocycles. The van der Waals surface area contributed by atoms with Crippen molar-refractivity contribution in [2.75, 3.05) is 26.7 Å². The van der Waals surface area contributed by atoms with Crippen molar-refractivity contribution in [3.05, 3.63) is 101 Å². The van der Waals surface area contributed by atoms with E-state index < -0.39 is 18.1 Å². The molecule has 0 saturated heterocycles. The molecule has 45 heavy (non-hydrogen) atoms. The largest absolute Gasteiger partial charge is 0.508 e. The second-order valence-corrected chi connectivity index (χ2v) is 11.1. The summed E-state index contributed by atoms with van der Waals surface area (Å²) < 4.78 is 0. The minimum absolute atomic E-state index is 0.0254. The number of carbonyl (C=O) groups excluding carboxylic acids is 3. The Morgan fingerprint density at radius 2 is 1.53 bits per heavy atom. The average molecular weight is 613 g/mol. The fourth-order valence-electron chi connectivity index (χ4n) is 5.04. The minimum Gasteiger partial charge on any atom is -0.508 e.